The van der Waals surface area contributed by atoms with E-state index in [0.717, 1.165) is 4.90 Å². The molecule has 0 aliphatic carbocycles. The first-order valence-corrected chi connectivity index (χ1v) is 6.95. The molecule has 0 heterocycles. The molecule has 0 amide bonds. The summed E-state index contributed by atoms with van der Waals surface area (Å²) >= 11 is 4.61. The minimum Gasteiger partial charge on any atom is -0.478 e. The van der Waals surface area contributed by atoms with Gasteiger partial charge in [0.25, 0.3) is 0 Å². The van der Waals surface area contributed by atoms with Crippen LogP contribution in [0.25, 0.3) is 0 Å². The van der Waals surface area contributed by atoms with Gasteiger partial charge in [-0.1, -0.05) is 15.9 Å². The molecule has 1 aromatic rings. The van der Waals surface area contributed by atoms with Gasteiger partial charge in [0.05, 0.1) is 5.56 Å². The Hall–Kier alpha value is -0.810. The first-order valence-electron chi connectivity index (χ1n) is 4.60. The van der Waals surface area contributed by atoms with Gasteiger partial charge in [-0.05, 0) is 24.5 Å². The van der Waals surface area contributed by atoms with E-state index in [1.807, 2.05) is 6.26 Å². The van der Waals surface area contributed by atoms with Gasteiger partial charge in [-0.2, -0.15) is 0 Å². The number of halogens is 1. The fourth-order valence-electron chi connectivity index (χ4n) is 1.29. The molecule has 0 unspecified atom stereocenters. The van der Waals surface area contributed by atoms with Crippen LogP contribution in [0.3, 0.4) is 0 Å². The predicted molar refractivity (Wildman–Crippen MR) is 67.9 cm³/mol. The van der Waals surface area contributed by atoms with Crippen molar-refractivity contribution >= 4 is 39.4 Å². The molecule has 0 bridgehead atoms. The van der Waals surface area contributed by atoms with E-state index in [2.05, 4.69) is 15.9 Å². The van der Waals surface area contributed by atoms with Crippen molar-refractivity contribution in [3.05, 3.63) is 29.3 Å². The summed E-state index contributed by atoms with van der Waals surface area (Å²) in [4.78, 5) is 23.5. The van der Waals surface area contributed by atoms with Crippen LogP contribution in [-0.4, -0.2) is 28.4 Å². The van der Waals surface area contributed by atoms with Crippen molar-refractivity contribution in [2.45, 2.75) is 11.3 Å². The molecule has 0 saturated carbocycles. The second-order valence-corrected chi connectivity index (χ2v) is 4.75. The Balaban J connectivity index is 3.17. The van der Waals surface area contributed by atoms with E-state index in [1.54, 1.807) is 12.1 Å². The lowest BCUT2D eigenvalue weighted by Crippen LogP contribution is -2.09. The van der Waals surface area contributed by atoms with Crippen LogP contribution >= 0.6 is 27.7 Å². The summed E-state index contributed by atoms with van der Waals surface area (Å²) in [7, 11) is 0. The maximum atomic E-state index is 11.7. The third kappa shape index (κ3) is 3.09. The summed E-state index contributed by atoms with van der Waals surface area (Å²) in [6.45, 7) is 0. The number of Topliss-reactive ketones (excluding diaryl/α,β-unsaturated/α-hetero) is 1. The SMILES string of the molecule is CSc1ccc(C(=O)CCBr)c(C(=O)O)c1. The zero-order valence-corrected chi connectivity index (χ0v) is 11.1. The molecule has 5 heteroatoms. The van der Waals surface area contributed by atoms with Gasteiger partial charge in [0.2, 0.25) is 0 Å². The van der Waals surface area contributed by atoms with Crippen molar-refractivity contribution in [2.75, 3.05) is 11.6 Å². The molecule has 1 aromatic carbocycles. The first kappa shape index (κ1) is 13.3. The molecule has 86 valence electrons. The van der Waals surface area contributed by atoms with E-state index in [1.165, 1.54) is 17.8 Å². The maximum Gasteiger partial charge on any atom is 0.336 e. The van der Waals surface area contributed by atoms with Crippen LogP contribution in [0, 0.1) is 0 Å². The van der Waals surface area contributed by atoms with E-state index in [9.17, 15) is 9.59 Å². The summed E-state index contributed by atoms with van der Waals surface area (Å²) in [5.74, 6) is -1.21. The van der Waals surface area contributed by atoms with Crippen molar-refractivity contribution in [1.29, 1.82) is 0 Å². The zero-order valence-electron chi connectivity index (χ0n) is 8.70. The Labute approximate surface area is 106 Å². The van der Waals surface area contributed by atoms with Crippen LogP contribution in [0.5, 0.6) is 0 Å². The average Bonchev–Trinajstić information content (AvgIpc) is 2.28. The minimum atomic E-state index is -1.06. The van der Waals surface area contributed by atoms with Gasteiger partial charge < -0.3 is 5.11 Å². The van der Waals surface area contributed by atoms with Gasteiger partial charge in [0.1, 0.15) is 0 Å². The number of aromatic carboxylic acids is 1. The van der Waals surface area contributed by atoms with Crippen LogP contribution in [-0.2, 0) is 0 Å². The Bertz CT molecular complexity index is 418. The largest absolute Gasteiger partial charge is 0.478 e. The number of thioether (sulfide) groups is 1. The molecule has 1 N–H and O–H groups in total. The number of hydrogen-bond donors (Lipinski definition) is 1. The summed E-state index contributed by atoms with van der Waals surface area (Å²) < 4.78 is 0. The van der Waals surface area contributed by atoms with E-state index >= 15 is 0 Å². The molecule has 0 aliphatic heterocycles. The lowest BCUT2D eigenvalue weighted by atomic mass is 10.0. The lowest BCUT2D eigenvalue weighted by molar-refractivity contribution is 0.0691. The summed E-state index contributed by atoms with van der Waals surface area (Å²) in [6.07, 6.45) is 2.17. The van der Waals surface area contributed by atoms with Crippen molar-refractivity contribution in [3.63, 3.8) is 0 Å². The highest BCUT2D eigenvalue weighted by Gasteiger charge is 2.16. The van der Waals surface area contributed by atoms with E-state index in [0.29, 0.717) is 11.8 Å². The van der Waals surface area contributed by atoms with Crippen LogP contribution < -0.4 is 0 Å². The Morgan fingerprint density at radius 2 is 2.06 bits per heavy atom. The molecular formula is C11H11BrO3S. The number of alkyl halides is 1. The standard InChI is InChI=1S/C11H11BrO3S/c1-16-7-2-3-8(10(13)4-5-12)9(6-7)11(14)15/h2-3,6H,4-5H2,1H3,(H,14,15). The Kier molecular flexibility index (Phi) is 5.02. The summed E-state index contributed by atoms with van der Waals surface area (Å²) in [5, 5.41) is 9.57. The number of benzene rings is 1. The molecule has 0 fully saturated rings. The second kappa shape index (κ2) is 6.06. The molecule has 0 spiro atoms. The fraction of sp³-hybridized carbons (Fsp3) is 0.273. The van der Waals surface area contributed by atoms with E-state index in [4.69, 9.17) is 5.11 Å². The maximum absolute atomic E-state index is 11.7. The first-order chi connectivity index (χ1) is 7.60. The van der Waals surface area contributed by atoms with Crippen LogP contribution in [0.2, 0.25) is 0 Å². The van der Waals surface area contributed by atoms with Crippen molar-refractivity contribution in [2.24, 2.45) is 0 Å². The summed E-state index contributed by atoms with van der Waals surface area (Å²) in [5.41, 5.74) is 0.363. The molecule has 3 nitrogen and oxygen atoms in total. The zero-order chi connectivity index (χ0) is 12.1. The third-order valence-corrected chi connectivity index (χ3v) is 3.20. The average molecular weight is 303 g/mol. The molecule has 16 heavy (non-hydrogen) atoms. The highest BCUT2D eigenvalue weighted by Crippen LogP contribution is 2.21. The van der Waals surface area contributed by atoms with Gasteiger partial charge in [0.15, 0.2) is 5.78 Å². The highest BCUT2D eigenvalue weighted by atomic mass is 79.9. The molecule has 0 saturated heterocycles. The van der Waals surface area contributed by atoms with Gasteiger partial charge in [-0.15, -0.1) is 11.8 Å². The van der Waals surface area contributed by atoms with Gasteiger partial charge in [-0.3, -0.25) is 4.79 Å². The number of carboxylic acid groups (broad SMARTS) is 1. The van der Waals surface area contributed by atoms with Crippen LogP contribution in [0.15, 0.2) is 23.1 Å². The van der Waals surface area contributed by atoms with Gasteiger partial charge in [-0.25, -0.2) is 4.79 Å². The van der Waals surface area contributed by atoms with Crippen molar-refractivity contribution in [3.8, 4) is 0 Å². The van der Waals surface area contributed by atoms with E-state index < -0.39 is 5.97 Å². The lowest BCUT2D eigenvalue weighted by Gasteiger charge is -2.06. The number of carbonyl (C=O) groups is 2. The Morgan fingerprint density at radius 1 is 1.38 bits per heavy atom. The topological polar surface area (TPSA) is 54.4 Å². The van der Waals surface area contributed by atoms with Crippen LogP contribution in [0.1, 0.15) is 27.1 Å². The predicted octanol–water partition coefficient (Wildman–Crippen LogP) is 3.07. The molecule has 0 atom stereocenters. The smallest absolute Gasteiger partial charge is 0.336 e. The molecule has 0 aromatic heterocycles. The van der Waals surface area contributed by atoms with E-state index in [-0.39, 0.29) is 16.9 Å². The molecule has 0 aliphatic rings. The highest BCUT2D eigenvalue weighted by molar-refractivity contribution is 9.09. The number of ketones is 1. The van der Waals surface area contributed by atoms with Gasteiger partial charge in [0, 0.05) is 22.2 Å². The molecule has 0 radical (unpaired) electrons. The second-order valence-electron chi connectivity index (χ2n) is 3.08. The van der Waals surface area contributed by atoms with Crippen molar-refractivity contribution < 1.29 is 14.7 Å². The third-order valence-electron chi connectivity index (χ3n) is 2.08. The molecule has 1 rings (SSSR count). The normalized spacial score (nSPS) is 10.1. The summed E-state index contributed by atoms with van der Waals surface area (Å²) in [6, 6.07) is 4.88. The monoisotopic (exact) mass is 302 g/mol. The van der Waals surface area contributed by atoms with Gasteiger partial charge >= 0.3 is 5.97 Å². The minimum absolute atomic E-state index is 0.0813. The number of hydrogen-bond acceptors (Lipinski definition) is 3. The fourth-order valence-corrected chi connectivity index (χ4v) is 2.09. The van der Waals surface area contributed by atoms with Crippen LogP contribution in [0.4, 0.5) is 0 Å². The number of carboxylic acids is 1. The molecular weight excluding hydrogens is 292 g/mol. The quantitative estimate of drug-likeness (QED) is 0.516. The van der Waals surface area contributed by atoms with Crippen molar-refractivity contribution in [1.82, 2.24) is 0 Å². The number of carbonyl (C=O) groups excluding carboxylic acids is 1. The number of rotatable bonds is 5. The Morgan fingerprint density at radius 3 is 2.56 bits per heavy atom.